The summed E-state index contributed by atoms with van der Waals surface area (Å²) in [5.74, 6) is 0.711. The molecule has 2 nitrogen and oxygen atoms in total. The maximum Gasteiger partial charge on any atom is 0.0984 e. The first kappa shape index (κ1) is 13.0. The van der Waals surface area contributed by atoms with E-state index in [1.165, 1.54) is 41.3 Å². The number of nitrogens with zero attached hydrogens (tertiary/aromatic N) is 1. The van der Waals surface area contributed by atoms with Crippen LogP contribution in [0.15, 0.2) is 0 Å². The van der Waals surface area contributed by atoms with Crippen LogP contribution in [0.25, 0.3) is 0 Å². The third-order valence-electron chi connectivity index (χ3n) is 3.62. The van der Waals surface area contributed by atoms with E-state index in [1.54, 1.807) is 0 Å². The summed E-state index contributed by atoms with van der Waals surface area (Å²) >= 11 is 1.92. The Labute approximate surface area is 109 Å². The Morgan fingerprint density at radius 1 is 1.18 bits per heavy atom. The van der Waals surface area contributed by atoms with Gasteiger partial charge in [0.05, 0.1) is 10.7 Å². The first-order valence-corrected chi connectivity index (χ1v) is 7.43. The molecule has 0 radical (unpaired) electrons. The summed E-state index contributed by atoms with van der Waals surface area (Å²) in [6.07, 6.45) is 4.83. The maximum atomic E-state index is 5.98. The van der Waals surface area contributed by atoms with Crippen molar-refractivity contribution in [3.05, 3.63) is 15.6 Å². The number of hydrogen-bond donors (Lipinski definition) is 1. The van der Waals surface area contributed by atoms with Gasteiger partial charge in [-0.1, -0.05) is 20.8 Å². The average Bonchev–Trinajstić information content (AvgIpc) is 2.61. The molecule has 17 heavy (non-hydrogen) atoms. The van der Waals surface area contributed by atoms with E-state index in [0.717, 1.165) is 0 Å². The second-order valence-corrected chi connectivity index (χ2v) is 7.36. The van der Waals surface area contributed by atoms with Crippen LogP contribution in [0.3, 0.4) is 0 Å². The first-order valence-electron chi connectivity index (χ1n) is 6.61. The zero-order valence-corrected chi connectivity index (χ0v) is 12.2. The molecule has 0 bridgehead atoms. The molecule has 3 heteroatoms. The molecule has 0 amide bonds. The molecule has 0 atom stereocenters. The minimum atomic E-state index is 0.179. The van der Waals surface area contributed by atoms with Gasteiger partial charge in [-0.3, -0.25) is 0 Å². The van der Waals surface area contributed by atoms with E-state index >= 15 is 0 Å². The van der Waals surface area contributed by atoms with E-state index in [4.69, 9.17) is 10.7 Å². The lowest BCUT2D eigenvalue weighted by Crippen LogP contribution is -2.25. The van der Waals surface area contributed by atoms with Gasteiger partial charge in [0.25, 0.3) is 0 Å². The Hall–Kier alpha value is -0.410. The van der Waals surface area contributed by atoms with Gasteiger partial charge < -0.3 is 5.73 Å². The molecule has 2 rings (SSSR count). The van der Waals surface area contributed by atoms with E-state index in [2.05, 4.69) is 27.7 Å². The summed E-state index contributed by atoms with van der Waals surface area (Å²) in [5, 5.41) is 1.28. The third-order valence-corrected chi connectivity index (χ3v) is 5.36. The van der Waals surface area contributed by atoms with Gasteiger partial charge in [0.1, 0.15) is 0 Å². The van der Waals surface area contributed by atoms with Crippen LogP contribution in [-0.2, 0) is 5.41 Å². The second-order valence-electron chi connectivity index (χ2n) is 6.33. The molecule has 96 valence electrons. The van der Waals surface area contributed by atoms with E-state index in [-0.39, 0.29) is 5.41 Å². The standard InChI is InChI=1S/C14H24N2S/c1-9-12(10-5-7-11(15)8-6-10)17-13(16-9)14(2,3)4/h10-11H,5-8,15H2,1-4H3. The lowest BCUT2D eigenvalue weighted by Gasteiger charge is -2.25. The fourth-order valence-corrected chi connectivity index (χ4v) is 3.78. The molecule has 0 spiro atoms. The normalized spacial score (nSPS) is 26.2. The summed E-state index contributed by atoms with van der Waals surface area (Å²) in [4.78, 5) is 6.28. The summed E-state index contributed by atoms with van der Waals surface area (Å²) in [5.41, 5.74) is 7.41. The molecule has 1 saturated carbocycles. The fraction of sp³-hybridized carbons (Fsp3) is 0.786. The molecule has 0 aliphatic heterocycles. The van der Waals surface area contributed by atoms with Gasteiger partial charge in [0.15, 0.2) is 0 Å². The molecule has 1 aromatic rings. The van der Waals surface area contributed by atoms with Gasteiger partial charge in [0, 0.05) is 16.3 Å². The van der Waals surface area contributed by atoms with Crippen LogP contribution in [0.1, 0.15) is 68.0 Å². The Morgan fingerprint density at radius 3 is 2.24 bits per heavy atom. The van der Waals surface area contributed by atoms with Crippen molar-refractivity contribution in [2.75, 3.05) is 0 Å². The smallest absolute Gasteiger partial charge is 0.0984 e. The highest BCUT2D eigenvalue weighted by Gasteiger charge is 2.26. The molecule has 0 unspecified atom stereocenters. The Kier molecular flexibility index (Phi) is 3.60. The van der Waals surface area contributed by atoms with Crippen molar-refractivity contribution < 1.29 is 0 Å². The Bertz CT molecular complexity index is 381. The highest BCUT2D eigenvalue weighted by Crippen LogP contribution is 2.39. The topological polar surface area (TPSA) is 38.9 Å². The molecule has 1 heterocycles. The number of hydrogen-bond acceptors (Lipinski definition) is 3. The average molecular weight is 252 g/mol. The van der Waals surface area contributed by atoms with Crippen molar-refractivity contribution in [1.29, 1.82) is 0 Å². The molecule has 1 fully saturated rings. The minimum Gasteiger partial charge on any atom is -0.328 e. The highest BCUT2D eigenvalue weighted by atomic mass is 32.1. The summed E-state index contributed by atoms with van der Waals surface area (Å²) < 4.78 is 0. The zero-order valence-electron chi connectivity index (χ0n) is 11.4. The van der Waals surface area contributed by atoms with Crippen molar-refractivity contribution in [3.63, 3.8) is 0 Å². The molecule has 1 aliphatic carbocycles. The minimum absolute atomic E-state index is 0.179. The Morgan fingerprint density at radius 2 is 1.76 bits per heavy atom. The monoisotopic (exact) mass is 252 g/mol. The zero-order chi connectivity index (χ0) is 12.6. The molecule has 1 aliphatic rings. The molecule has 0 aromatic carbocycles. The van der Waals surface area contributed by atoms with Crippen LogP contribution < -0.4 is 5.73 Å². The van der Waals surface area contributed by atoms with Crippen LogP contribution in [0.4, 0.5) is 0 Å². The lowest BCUT2D eigenvalue weighted by molar-refractivity contribution is 0.398. The van der Waals surface area contributed by atoms with Crippen molar-refractivity contribution in [3.8, 4) is 0 Å². The second kappa shape index (κ2) is 4.69. The predicted octanol–water partition coefficient (Wildman–Crippen LogP) is 3.73. The summed E-state index contributed by atoms with van der Waals surface area (Å²) in [6.45, 7) is 8.89. The van der Waals surface area contributed by atoms with Crippen molar-refractivity contribution in [2.45, 2.75) is 70.8 Å². The first-order chi connectivity index (χ1) is 7.88. The van der Waals surface area contributed by atoms with E-state index in [0.29, 0.717) is 12.0 Å². The SMILES string of the molecule is Cc1nc(C(C)(C)C)sc1C1CCC(N)CC1. The summed E-state index contributed by atoms with van der Waals surface area (Å²) in [7, 11) is 0. The van der Waals surface area contributed by atoms with Gasteiger partial charge >= 0.3 is 0 Å². The van der Waals surface area contributed by atoms with E-state index in [9.17, 15) is 0 Å². The molecular weight excluding hydrogens is 228 g/mol. The van der Waals surface area contributed by atoms with Gasteiger partial charge in [-0.2, -0.15) is 0 Å². The molecule has 2 N–H and O–H groups in total. The molecule has 0 saturated heterocycles. The van der Waals surface area contributed by atoms with Crippen LogP contribution in [0.5, 0.6) is 0 Å². The van der Waals surface area contributed by atoms with Crippen LogP contribution >= 0.6 is 11.3 Å². The van der Waals surface area contributed by atoms with Crippen LogP contribution in [-0.4, -0.2) is 11.0 Å². The van der Waals surface area contributed by atoms with Gasteiger partial charge in [-0.25, -0.2) is 4.98 Å². The highest BCUT2D eigenvalue weighted by molar-refractivity contribution is 7.12. The van der Waals surface area contributed by atoms with Gasteiger partial charge in [-0.15, -0.1) is 11.3 Å². The van der Waals surface area contributed by atoms with Crippen LogP contribution in [0, 0.1) is 6.92 Å². The van der Waals surface area contributed by atoms with Crippen molar-refractivity contribution in [2.24, 2.45) is 5.73 Å². The summed E-state index contributed by atoms with van der Waals surface area (Å²) in [6, 6.07) is 0.432. The quantitative estimate of drug-likeness (QED) is 0.827. The van der Waals surface area contributed by atoms with Gasteiger partial charge in [-0.05, 0) is 38.5 Å². The van der Waals surface area contributed by atoms with E-state index in [1.807, 2.05) is 11.3 Å². The number of nitrogens with two attached hydrogens (primary N) is 1. The fourth-order valence-electron chi connectivity index (χ4n) is 2.49. The van der Waals surface area contributed by atoms with Crippen molar-refractivity contribution >= 4 is 11.3 Å². The van der Waals surface area contributed by atoms with Crippen molar-refractivity contribution in [1.82, 2.24) is 4.98 Å². The largest absolute Gasteiger partial charge is 0.328 e. The van der Waals surface area contributed by atoms with Gasteiger partial charge in [0.2, 0.25) is 0 Å². The molecule has 1 aromatic heterocycles. The lowest BCUT2D eigenvalue weighted by atomic mass is 9.85. The maximum absolute atomic E-state index is 5.98. The van der Waals surface area contributed by atoms with Crippen LogP contribution in [0.2, 0.25) is 0 Å². The predicted molar refractivity (Wildman–Crippen MR) is 74.7 cm³/mol. The molecular formula is C14H24N2S. The number of aromatic nitrogens is 1. The third kappa shape index (κ3) is 2.89. The van der Waals surface area contributed by atoms with E-state index < -0.39 is 0 Å². The number of thiazole rings is 1. The number of rotatable bonds is 1. The Balaban J connectivity index is 2.19. The number of aryl methyl sites for hydroxylation is 1.